The van der Waals surface area contributed by atoms with Crippen molar-refractivity contribution in [3.8, 4) is 0 Å². The Bertz CT molecular complexity index is 962. The molecule has 0 saturated carbocycles. The fourth-order valence-electron chi connectivity index (χ4n) is 4.66. The van der Waals surface area contributed by atoms with Crippen LogP contribution in [0.15, 0.2) is 53.7 Å². The maximum absolute atomic E-state index is 12.6. The van der Waals surface area contributed by atoms with Crippen LogP contribution in [-0.4, -0.2) is 61.6 Å². The largest absolute Gasteiger partial charge is 0.451 e. The molecular weight excluding hydrogens is 356 g/mol. The molecule has 0 bridgehead atoms. The fourth-order valence-corrected chi connectivity index (χ4v) is 4.66. The van der Waals surface area contributed by atoms with Gasteiger partial charge < -0.3 is 13.9 Å². The number of oxazole rings is 1. The predicted molar refractivity (Wildman–Crippen MR) is 100 cm³/mol. The van der Waals surface area contributed by atoms with Crippen molar-refractivity contribution < 1.29 is 9.21 Å². The highest BCUT2D eigenvalue weighted by molar-refractivity contribution is 5.92. The van der Waals surface area contributed by atoms with Gasteiger partial charge >= 0.3 is 0 Å². The van der Waals surface area contributed by atoms with Gasteiger partial charge in [-0.05, 0) is 5.56 Å². The van der Waals surface area contributed by atoms with Crippen molar-refractivity contribution in [2.24, 2.45) is 12.5 Å². The van der Waals surface area contributed by atoms with E-state index in [1.165, 1.54) is 18.2 Å². The van der Waals surface area contributed by atoms with Crippen molar-refractivity contribution in [1.82, 2.24) is 29.5 Å². The van der Waals surface area contributed by atoms with Crippen LogP contribution in [0.5, 0.6) is 0 Å². The monoisotopic (exact) mass is 378 g/mol. The minimum absolute atomic E-state index is 0.00499. The van der Waals surface area contributed by atoms with Gasteiger partial charge in [-0.2, -0.15) is 0 Å². The molecule has 8 heteroatoms. The van der Waals surface area contributed by atoms with E-state index in [-0.39, 0.29) is 17.2 Å². The Morgan fingerprint density at radius 2 is 2.07 bits per heavy atom. The van der Waals surface area contributed by atoms with E-state index in [9.17, 15) is 4.79 Å². The summed E-state index contributed by atoms with van der Waals surface area (Å²) in [6, 6.07) is 10.5. The third kappa shape index (κ3) is 2.80. The highest BCUT2D eigenvalue weighted by atomic mass is 16.3. The van der Waals surface area contributed by atoms with Gasteiger partial charge in [0, 0.05) is 51.1 Å². The second-order valence-electron chi connectivity index (χ2n) is 7.91. The molecule has 2 aliphatic rings. The van der Waals surface area contributed by atoms with Crippen molar-refractivity contribution >= 4 is 5.91 Å². The molecule has 0 N–H and O–H groups in total. The van der Waals surface area contributed by atoms with Crippen LogP contribution in [0.2, 0.25) is 0 Å². The Hall–Kier alpha value is -3.00. The second kappa shape index (κ2) is 6.56. The van der Waals surface area contributed by atoms with Gasteiger partial charge in [0.2, 0.25) is 0 Å². The van der Waals surface area contributed by atoms with Crippen molar-refractivity contribution in [3.63, 3.8) is 0 Å². The van der Waals surface area contributed by atoms with E-state index >= 15 is 0 Å². The number of carbonyl (C=O) groups is 1. The molecule has 1 spiro atoms. The van der Waals surface area contributed by atoms with Gasteiger partial charge in [-0.15, -0.1) is 10.2 Å². The topological polar surface area (TPSA) is 80.3 Å². The van der Waals surface area contributed by atoms with Gasteiger partial charge in [0.25, 0.3) is 5.91 Å². The predicted octanol–water partition coefficient (Wildman–Crippen LogP) is 1.54. The number of rotatable bonds is 4. The highest BCUT2D eigenvalue weighted by Gasteiger charge is 2.57. The Morgan fingerprint density at radius 1 is 1.25 bits per heavy atom. The second-order valence-corrected chi connectivity index (χ2v) is 7.91. The van der Waals surface area contributed by atoms with Gasteiger partial charge in [-0.3, -0.25) is 9.69 Å². The molecule has 1 aromatic carbocycles. The average molecular weight is 378 g/mol. The molecular formula is C20H22N6O2. The zero-order valence-electron chi connectivity index (χ0n) is 15.7. The zero-order chi connectivity index (χ0) is 19.1. The number of benzene rings is 1. The molecule has 8 nitrogen and oxygen atoms in total. The molecule has 3 aromatic rings. The molecule has 144 valence electrons. The first-order valence-electron chi connectivity index (χ1n) is 9.42. The van der Waals surface area contributed by atoms with Gasteiger partial charge in [0.15, 0.2) is 12.1 Å². The van der Waals surface area contributed by atoms with Crippen LogP contribution in [0, 0.1) is 5.41 Å². The normalized spacial score (nSPS) is 21.2. The molecule has 2 aromatic heterocycles. The van der Waals surface area contributed by atoms with E-state index in [4.69, 9.17) is 4.42 Å². The molecule has 1 amide bonds. The number of carbonyl (C=O) groups excluding carboxylic acids is 1. The van der Waals surface area contributed by atoms with Crippen LogP contribution in [0.25, 0.3) is 0 Å². The Labute approximate surface area is 162 Å². The number of hydrogen-bond acceptors (Lipinski definition) is 6. The van der Waals surface area contributed by atoms with E-state index in [1.54, 1.807) is 6.33 Å². The van der Waals surface area contributed by atoms with Gasteiger partial charge in [0.05, 0.1) is 0 Å². The van der Waals surface area contributed by atoms with Gasteiger partial charge in [0.1, 0.15) is 18.4 Å². The van der Waals surface area contributed by atoms with Crippen LogP contribution in [0.3, 0.4) is 0 Å². The average Bonchev–Trinajstić information content (AvgIpc) is 3.40. The third-order valence-corrected chi connectivity index (χ3v) is 5.98. The van der Waals surface area contributed by atoms with Crippen LogP contribution in [0.4, 0.5) is 0 Å². The molecule has 2 aliphatic heterocycles. The lowest BCUT2D eigenvalue weighted by molar-refractivity contribution is 0.000974. The van der Waals surface area contributed by atoms with Crippen molar-refractivity contribution in [3.05, 3.63) is 66.4 Å². The summed E-state index contributed by atoms with van der Waals surface area (Å²) in [5.41, 5.74) is 1.66. The van der Waals surface area contributed by atoms with Gasteiger partial charge in [-0.25, -0.2) is 4.98 Å². The molecule has 2 fully saturated rings. The number of aryl methyl sites for hydroxylation is 1. The summed E-state index contributed by atoms with van der Waals surface area (Å²) in [5.74, 6) is 1.16. The minimum atomic E-state index is -0.0717. The smallest absolute Gasteiger partial charge is 0.275 e. The maximum atomic E-state index is 12.6. The Balaban J connectivity index is 1.37. The first-order chi connectivity index (χ1) is 13.6. The molecule has 28 heavy (non-hydrogen) atoms. The summed E-state index contributed by atoms with van der Waals surface area (Å²) in [5, 5.41) is 8.48. The maximum Gasteiger partial charge on any atom is 0.275 e. The minimum Gasteiger partial charge on any atom is -0.451 e. The van der Waals surface area contributed by atoms with E-state index in [1.807, 2.05) is 22.6 Å². The standard InChI is InChI=1S/C20H22N6O2/c1-24-13-22-23-18(24)16-8-25(7-15-5-3-2-4-6-15)10-20(16)11-26(12-20)19(27)17-9-28-14-21-17/h2-6,9,13-14,16H,7-8,10-12H2,1H3. The molecule has 0 aliphatic carbocycles. The lowest BCUT2D eigenvalue weighted by Crippen LogP contribution is -2.61. The molecule has 0 radical (unpaired) electrons. The quantitative estimate of drug-likeness (QED) is 0.685. The summed E-state index contributed by atoms with van der Waals surface area (Å²) in [7, 11) is 1.99. The van der Waals surface area contributed by atoms with E-state index in [2.05, 4.69) is 44.3 Å². The molecule has 2 saturated heterocycles. The van der Waals surface area contributed by atoms with Crippen LogP contribution in [0.1, 0.15) is 27.8 Å². The SMILES string of the molecule is Cn1cnnc1C1CN(Cc2ccccc2)CC12CN(C(=O)c1cocn1)C2. The number of nitrogens with zero attached hydrogens (tertiary/aromatic N) is 6. The Morgan fingerprint density at radius 3 is 2.75 bits per heavy atom. The first-order valence-corrected chi connectivity index (χ1v) is 9.42. The third-order valence-electron chi connectivity index (χ3n) is 5.98. The number of amides is 1. The van der Waals surface area contributed by atoms with Crippen LogP contribution in [-0.2, 0) is 13.6 Å². The summed E-state index contributed by atoms with van der Waals surface area (Å²) < 4.78 is 6.96. The summed E-state index contributed by atoms with van der Waals surface area (Å²) in [6.45, 7) is 4.13. The lowest BCUT2D eigenvalue weighted by atomic mass is 9.71. The highest BCUT2D eigenvalue weighted by Crippen LogP contribution is 2.49. The lowest BCUT2D eigenvalue weighted by Gasteiger charge is -2.50. The van der Waals surface area contributed by atoms with Crippen LogP contribution < -0.4 is 0 Å². The summed E-state index contributed by atoms with van der Waals surface area (Å²) in [6.07, 6.45) is 4.45. The van der Waals surface area contributed by atoms with E-state index in [0.29, 0.717) is 18.8 Å². The first kappa shape index (κ1) is 17.1. The zero-order valence-corrected chi connectivity index (χ0v) is 15.7. The molecule has 1 atom stereocenters. The van der Waals surface area contributed by atoms with Crippen molar-refractivity contribution in [2.45, 2.75) is 12.5 Å². The Kier molecular flexibility index (Phi) is 4.01. The summed E-state index contributed by atoms with van der Waals surface area (Å²) in [4.78, 5) is 20.9. The van der Waals surface area contributed by atoms with Crippen LogP contribution >= 0.6 is 0 Å². The molecule has 1 unspecified atom stereocenters. The molecule has 5 rings (SSSR count). The van der Waals surface area contributed by atoms with E-state index < -0.39 is 0 Å². The fraction of sp³-hybridized carbons (Fsp3) is 0.400. The molecule has 4 heterocycles. The van der Waals surface area contributed by atoms with Crippen molar-refractivity contribution in [2.75, 3.05) is 26.2 Å². The number of hydrogen-bond donors (Lipinski definition) is 0. The van der Waals surface area contributed by atoms with Gasteiger partial charge in [-0.1, -0.05) is 30.3 Å². The number of likely N-dealkylation sites (tertiary alicyclic amines) is 2. The summed E-state index contributed by atoms with van der Waals surface area (Å²) >= 11 is 0. The van der Waals surface area contributed by atoms with Crippen molar-refractivity contribution in [1.29, 1.82) is 0 Å². The van der Waals surface area contributed by atoms with E-state index in [0.717, 1.165) is 25.5 Å². The number of aromatic nitrogens is 4.